The van der Waals surface area contributed by atoms with Gasteiger partial charge >= 0.3 is 0 Å². The van der Waals surface area contributed by atoms with Crippen LogP contribution in [0.1, 0.15) is 12.8 Å². The molecule has 3 N–H and O–H groups in total. The van der Waals surface area contributed by atoms with Crippen LogP contribution in [0.4, 0.5) is 11.4 Å². The van der Waals surface area contributed by atoms with E-state index in [9.17, 15) is 9.59 Å². The topological polar surface area (TPSA) is 91.8 Å². The molecule has 9 heteroatoms. The molecule has 1 saturated carbocycles. The Morgan fingerprint density at radius 2 is 1.89 bits per heavy atom. The van der Waals surface area contributed by atoms with Crippen LogP contribution in [0.5, 0.6) is 0 Å². The molecule has 0 bridgehead atoms. The van der Waals surface area contributed by atoms with Crippen LogP contribution in [0.3, 0.4) is 0 Å². The number of aromatic nitrogens is 3. The summed E-state index contributed by atoms with van der Waals surface area (Å²) in [5, 5.41) is 14.6. The number of rotatable bonds is 6. The SMILES string of the molecule is O=C(Cn1c(-c2cccs2)n[nH]c1=S)Nc1ccc(NC(=O)C2CC2)cc1. The van der Waals surface area contributed by atoms with Crippen molar-refractivity contribution in [2.45, 2.75) is 19.4 Å². The molecule has 3 aromatic rings. The molecule has 2 heterocycles. The Bertz CT molecular complexity index is 1020. The molecule has 0 radical (unpaired) electrons. The minimum absolute atomic E-state index is 0.0576. The van der Waals surface area contributed by atoms with E-state index in [1.54, 1.807) is 28.8 Å². The first-order chi connectivity index (χ1) is 13.1. The van der Waals surface area contributed by atoms with E-state index < -0.39 is 0 Å². The van der Waals surface area contributed by atoms with Crippen molar-refractivity contribution < 1.29 is 9.59 Å². The quantitative estimate of drug-likeness (QED) is 0.552. The van der Waals surface area contributed by atoms with Gasteiger partial charge in [0.25, 0.3) is 0 Å². The normalized spacial score (nSPS) is 13.3. The minimum atomic E-state index is -0.208. The third-order valence-electron chi connectivity index (χ3n) is 4.19. The highest BCUT2D eigenvalue weighted by atomic mass is 32.1. The van der Waals surface area contributed by atoms with Crippen molar-refractivity contribution in [3.63, 3.8) is 0 Å². The molecule has 1 aliphatic carbocycles. The average Bonchev–Trinajstić information content (AvgIpc) is 3.26. The van der Waals surface area contributed by atoms with Crippen LogP contribution in [0, 0.1) is 10.7 Å². The molecular weight excluding hydrogens is 382 g/mol. The van der Waals surface area contributed by atoms with E-state index in [0.717, 1.165) is 23.4 Å². The summed E-state index contributed by atoms with van der Waals surface area (Å²) in [5.74, 6) is 0.645. The van der Waals surface area contributed by atoms with Gasteiger partial charge in [0.05, 0.1) is 4.88 Å². The van der Waals surface area contributed by atoms with E-state index in [-0.39, 0.29) is 24.3 Å². The molecule has 0 spiro atoms. The van der Waals surface area contributed by atoms with E-state index in [1.807, 2.05) is 17.5 Å². The number of H-pyrrole nitrogens is 1. The number of anilines is 2. The lowest BCUT2D eigenvalue weighted by molar-refractivity contribution is -0.117. The molecule has 1 aliphatic rings. The smallest absolute Gasteiger partial charge is 0.244 e. The highest BCUT2D eigenvalue weighted by Crippen LogP contribution is 2.30. The summed E-state index contributed by atoms with van der Waals surface area (Å²) in [4.78, 5) is 25.1. The number of benzene rings is 1. The van der Waals surface area contributed by atoms with Gasteiger partial charge in [-0.2, -0.15) is 5.10 Å². The summed E-state index contributed by atoms with van der Waals surface area (Å²) in [6.07, 6.45) is 1.92. The van der Waals surface area contributed by atoms with Crippen molar-refractivity contribution in [3.8, 4) is 10.7 Å². The monoisotopic (exact) mass is 399 g/mol. The van der Waals surface area contributed by atoms with E-state index in [2.05, 4.69) is 20.8 Å². The zero-order chi connectivity index (χ0) is 18.8. The Labute approximate surface area is 164 Å². The summed E-state index contributed by atoms with van der Waals surface area (Å²) >= 11 is 6.77. The number of hydrogen-bond acceptors (Lipinski definition) is 5. The van der Waals surface area contributed by atoms with Crippen LogP contribution in [0.25, 0.3) is 10.7 Å². The first-order valence-corrected chi connectivity index (χ1v) is 9.79. The molecule has 1 fully saturated rings. The average molecular weight is 400 g/mol. The summed E-state index contributed by atoms with van der Waals surface area (Å²) in [5.41, 5.74) is 1.37. The number of nitrogens with zero attached hydrogens (tertiary/aromatic N) is 2. The number of amides is 2. The molecule has 0 aliphatic heterocycles. The second-order valence-electron chi connectivity index (χ2n) is 6.30. The van der Waals surface area contributed by atoms with Gasteiger partial charge in [0.15, 0.2) is 10.6 Å². The molecule has 0 unspecified atom stereocenters. The molecule has 2 amide bonds. The van der Waals surface area contributed by atoms with Crippen molar-refractivity contribution in [1.82, 2.24) is 14.8 Å². The van der Waals surface area contributed by atoms with E-state index in [1.165, 1.54) is 11.3 Å². The van der Waals surface area contributed by atoms with Crippen molar-refractivity contribution >= 4 is 46.7 Å². The Kier molecular flexibility index (Phi) is 4.87. The summed E-state index contributed by atoms with van der Waals surface area (Å²) in [7, 11) is 0. The van der Waals surface area contributed by atoms with Crippen LogP contribution in [-0.4, -0.2) is 26.6 Å². The molecule has 27 heavy (non-hydrogen) atoms. The Morgan fingerprint density at radius 1 is 1.19 bits per heavy atom. The van der Waals surface area contributed by atoms with Gasteiger partial charge < -0.3 is 10.6 Å². The standard InChI is InChI=1S/C18H17N5O2S2/c24-15(10-23-16(21-22-18(23)26)14-2-1-9-27-14)19-12-5-7-13(8-6-12)20-17(25)11-3-4-11/h1-2,5-9,11H,3-4,10H2,(H,19,24)(H,20,25)(H,22,26). The second kappa shape index (κ2) is 7.45. The molecule has 0 saturated heterocycles. The maximum atomic E-state index is 12.4. The number of aromatic amines is 1. The number of hydrogen-bond donors (Lipinski definition) is 3. The maximum absolute atomic E-state index is 12.4. The van der Waals surface area contributed by atoms with Gasteiger partial charge in [-0.15, -0.1) is 11.3 Å². The lowest BCUT2D eigenvalue weighted by Crippen LogP contribution is -2.19. The van der Waals surface area contributed by atoms with Gasteiger partial charge in [-0.05, 0) is 60.8 Å². The third-order valence-corrected chi connectivity index (χ3v) is 5.36. The molecule has 2 aromatic heterocycles. The van der Waals surface area contributed by atoms with Crippen molar-refractivity contribution in [1.29, 1.82) is 0 Å². The van der Waals surface area contributed by atoms with E-state index in [4.69, 9.17) is 12.2 Å². The lowest BCUT2D eigenvalue weighted by atomic mass is 10.2. The Hall–Kier alpha value is -2.78. The Balaban J connectivity index is 1.40. The maximum Gasteiger partial charge on any atom is 0.244 e. The minimum Gasteiger partial charge on any atom is -0.326 e. The highest BCUT2D eigenvalue weighted by molar-refractivity contribution is 7.71. The second-order valence-corrected chi connectivity index (χ2v) is 7.64. The fraction of sp³-hybridized carbons (Fsp3) is 0.222. The molecule has 0 atom stereocenters. The Morgan fingerprint density at radius 3 is 2.52 bits per heavy atom. The number of thiophene rings is 1. The number of nitrogens with one attached hydrogen (secondary N) is 3. The van der Waals surface area contributed by atoms with Gasteiger partial charge in [0, 0.05) is 17.3 Å². The van der Waals surface area contributed by atoms with Crippen LogP contribution in [0.2, 0.25) is 0 Å². The fourth-order valence-corrected chi connectivity index (χ4v) is 3.55. The van der Waals surface area contributed by atoms with Crippen LogP contribution in [0.15, 0.2) is 41.8 Å². The van der Waals surface area contributed by atoms with Crippen molar-refractivity contribution in [3.05, 3.63) is 46.5 Å². The van der Waals surface area contributed by atoms with Crippen molar-refractivity contribution in [2.24, 2.45) is 5.92 Å². The molecule has 138 valence electrons. The zero-order valence-corrected chi connectivity index (χ0v) is 15.9. The summed E-state index contributed by atoms with van der Waals surface area (Å²) in [6, 6.07) is 10.9. The largest absolute Gasteiger partial charge is 0.326 e. The van der Waals surface area contributed by atoms with Gasteiger partial charge in [-0.25, -0.2) is 0 Å². The molecule has 4 rings (SSSR count). The number of carbonyl (C=O) groups is 2. The third kappa shape index (κ3) is 4.15. The molecule has 7 nitrogen and oxygen atoms in total. The highest BCUT2D eigenvalue weighted by Gasteiger charge is 2.29. The first-order valence-electron chi connectivity index (χ1n) is 8.50. The van der Waals surface area contributed by atoms with E-state index >= 15 is 0 Å². The molecular formula is C18H17N5O2S2. The van der Waals surface area contributed by atoms with Gasteiger partial charge in [-0.3, -0.25) is 19.3 Å². The first kappa shape index (κ1) is 17.6. The van der Waals surface area contributed by atoms with Crippen LogP contribution < -0.4 is 10.6 Å². The fourth-order valence-electron chi connectivity index (χ4n) is 2.63. The predicted octanol–water partition coefficient (Wildman–Crippen LogP) is 3.66. The van der Waals surface area contributed by atoms with Gasteiger partial charge in [-0.1, -0.05) is 6.07 Å². The van der Waals surface area contributed by atoms with Gasteiger partial charge in [0.2, 0.25) is 11.8 Å². The van der Waals surface area contributed by atoms with E-state index in [0.29, 0.717) is 16.3 Å². The lowest BCUT2D eigenvalue weighted by Gasteiger charge is -2.09. The number of carbonyl (C=O) groups excluding carboxylic acids is 2. The van der Waals surface area contributed by atoms with Crippen molar-refractivity contribution in [2.75, 3.05) is 10.6 Å². The van der Waals surface area contributed by atoms with Gasteiger partial charge in [0.1, 0.15) is 6.54 Å². The predicted molar refractivity (Wildman–Crippen MR) is 107 cm³/mol. The van der Waals surface area contributed by atoms with Crippen LogP contribution in [-0.2, 0) is 16.1 Å². The zero-order valence-electron chi connectivity index (χ0n) is 14.3. The summed E-state index contributed by atoms with van der Waals surface area (Å²) in [6.45, 7) is 0.0583. The molecule has 1 aromatic carbocycles. The summed E-state index contributed by atoms with van der Waals surface area (Å²) < 4.78 is 2.06. The van der Waals surface area contributed by atoms with Crippen LogP contribution >= 0.6 is 23.6 Å².